The summed E-state index contributed by atoms with van der Waals surface area (Å²) in [7, 11) is -32.0. The molecule has 6 rings (SSSR count). The van der Waals surface area contributed by atoms with Gasteiger partial charge in [0.25, 0.3) is 0 Å². The number of aromatic nitrogens is 6. The molecule has 0 saturated carbocycles. The largest absolute Gasteiger partial charge is 3.00 e. The van der Waals surface area contributed by atoms with E-state index in [1.54, 1.807) is 37.2 Å². The van der Waals surface area contributed by atoms with Crippen molar-refractivity contribution in [2.75, 3.05) is 0 Å². The maximum Gasteiger partial charge on any atom is 3.00 e. The van der Waals surface area contributed by atoms with Gasteiger partial charge in [0.15, 0.2) is 0 Å². The molecule has 0 saturated heterocycles. The fourth-order valence-electron chi connectivity index (χ4n) is 3.27. The summed E-state index contributed by atoms with van der Waals surface area (Å²) in [5.74, 6) is 0. The Labute approximate surface area is 409 Å². The third-order valence-electron chi connectivity index (χ3n) is 5.12. The minimum atomic E-state index is -10.7. The normalized spacial score (nSPS) is 14.2. The molecule has 0 radical (unpaired) electrons. The predicted octanol–water partition coefficient (Wildman–Crippen LogP) is 21.2. The summed E-state index contributed by atoms with van der Waals surface area (Å²) < 4.78 is 184. The van der Waals surface area contributed by atoms with E-state index in [9.17, 15) is 75.5 Å². The van der Waals surface area contributed by atoms with Gasteiger partial charge in [0.2, 0.25) is 0 Å². The van der Waals surface area contributed by atoms with E-state index >= 15 is 0 Å². The monoisotopic (exact) mass is 1430 g/mol. The van der Waals surface area contributed by atoms with Crippen LogP contribution in [0.15, 0.2) is 137 Å². The smallest absolute Gasteiger partial charge is 3.00 e. The van der Waals surface area contributed by atoms with Gasteiger partial charge in [-0.2, -0.15) is 0 Å². The van der Waals surface area contributed by atoms with E-state index in [4.69, 9.17) is 0 Å². The first-order valence-corrected chi connectivity index (χ1v) is 25.9. The number of rotatable bonds is 3. The Kier molecular flexibility index (Phi) is 20.3. The van der Waals surface area contributed by atoms with Crippen LogP contribution in [0.2, 0.25) is 0 Å². The maximum absolute atomic E-state index is 10.7. The zero-order chi connectivity index (χ0) is 49.1. The third kappa shape index (κ3) is 42.9. The standard InChI is InChI=1S/3C10H6Br2N2.Co.3F6P/c3*11-7-1-3-13-9(5-7)10-6-8(12)2-4-14-10;;3*1-7(2,3,4,5)6/h3*1-6H;;;;/q;;;+3;3*-1. The summed E-state index contributed by atoms with van der Waals surface area (Å²) in [5, 5.41) is 0. The number of hydrogen-bond donors (Lipinski definition) is 0. The van der Waals surface area contributed by atoms with Gasteiger partial charge >= 0.3 is 116 Å². The third-order valence-corrected chi connectivity index (χ3v) is 8.08. The molecular formula is C30H18Br6CoF18N6P3. The molecule has 0 fully saturated rings. The van der Waals surface area contributed by atoms with E-state index in [1.165, 1.54) is 0 Å². The minimum absolute atomic E-state index is 0. The second-order valence-corrected chi connectivity index (χ2v) is 22.3. The molecule has 6 aromatic rings. The molecule has 0 amide bonds. The van der Waals surface area contributed by atoms with Crippen molar-refractivity contribution in [1.29, 1.82) is 0 Å². The molecule has 0 unspecified atom stereocenters. The van der Waals surface area contributed by atoms with Gasteiger partial charge < -0.3 is 0 Å². The van der Waals surface area contributed by atoms with Crippen molar-refractivity contribution in [2.24, 2.45) is 0 Å². The Morgan fingerprint density at radius 2 is 0.344 bits per heavy atom. The molecule has 64 heavy (non-hydrogen) atoms. The van der Waals surface area contributed by atoms with Crippen LogP contribution in [-0.2, 0) is 16.8 Å². The van der Waals surface area contributed by atoms with Crippen molar-refractivity contribution in [3.05, 3.63) is 137 Å². The molecule has 0 bridgehead atoms. The SMILES string of the molecule is Brc1ccnc(-c2cc(Br)ccn2)c1.Brc1ccnc(-c2cc(Br)ccn2)c1.Brc1ccnc(-c2cc(Br)ccn2)c1.F[P-](F)(F)(F)(F)F.F[P-](F)(F)(F)(F)F.F[P-](F)(F)(F)(F)F.[Co+3]. The molecule has 0 aliphatic carbocycles. The van der Waals surface area contributed by atoms with Gasteiger partial charge in [-0.15, -0.1) is 0 Å². The summed E-state index contributed by atoms with van der Waals surface area (Å²) >= 11 is 20.4. The Morgan fingerprint density at radius 1 is 0.250 bits per heavy atom. The molecule has 6 aromatic heterocycles. The summed E-state index contributed by atoms with van der Waals surface area (Å²) in [6.07, 6.45) is 10.5. The molecule has 34 heteroatoms. The van der Waals surface area contributed by atoms with E-state index in [1.807, 2.05) is 72.8 Å². The van der Waals surface area contributed by atoms with Crippen molar-refractivity contribution in [3.8, 4) is 34.2 Å². The first kappa shape index (κ1) is 62.3. The van der Waals surface area contributed by atoms with E-state index in [0.29, 0.717) is 0 Å². The molecule has 6 nitrogen and oxygen atoms in total. The van der Waals surface area contributed by atoms with Gasteiger partial charge in [-0.25, -0.2) is 0 Å². The van der Waals surface area contributed by atoms with Crippen LogP contribution in [0.5, 0.6) is 0 Å². The van der Waals surface area contributed by atoms with Gasteiger partial charge in [-0.3, -0.25) is 29.9 Å². The van der Waals surface area contributed by atoms with Crippen LogP contribution in [0.1, 0.15) is 0 Å². The molecule has 0 aliphatic heterocycles. The summed E-state index contributed by atoms with van der Waals surface area (Å²) in [4.78, 5) is 25.4. The van der Waals surface area contributed by atoms with Crippen LogP contribution in [0, 0.1) is 0 Å². The zero-order valence-corrected chi connectivity index (χ0v) is 43.1. The number of pyridine rings is 6. The van der Waals surface area contributed by atoms with Crippen molar-refractivity contribution in [2.45, 2.75) is 0 Å². The van der Waals surface area contributed by atoms with Crippen LogP contribution < -0.4 is 0 Å². The number of nitrogens with zero attached hydrogens (tertiary/aromatic N) is 6. The molecule has 0 aliphatic rings. The average molecular weight is 1440 g/mol. The molecule has 0 spiro atoms. The number of hydrogen-bond acceptors (Lipinski definition) is 6. The van der Waals surface area contributed by atoms with Crippen LogP contribution in [0.25, 0.3) is 34.2 Å². The molecule has 360 valence electrons. The van der Waals surface area contributed by atoms with Crippen LogP contribution >= 0.6 is 119 Å². The molecular weight excluding hydrogens is 1420 g/mol. The second-order valence-electron chi connectivity index (χ2n) is 11.0. The van der Waals surface area contributed by atoms with E-state index in [2.05, 4.69) is 125 Å². The minimum Gasteiger partial charge on any atom is 3.00 e. The van der Waals surface area contributed by atoms with Gasteiger partial charge in [0, 0.05) is 64.0 Å². The molecule has 0 atom stereocenters. The van der Waals surface area contributed by atoms with E-state index < -0.39 is 23.4 Å². The van der Waals surface area contributed by atoms with Crippen LogP contribution in [0.4, 0.5) is 75.5 Å². The van der Waals surface area contributed by atoms with Gasteiger partial charge in [0.05, 0.1) is 34.2 Å². The summed E-state index contributed by atoms with van der Waals surface area (Å²) in [6.45, 7) is 0. The fraction of sp³-hybridized carbons (Fsp3) is 0. The average Bonchev–Trinajstić information content (AvgIpc) is 3.05. The van der Waals surface area contributed by atoms with Crippen molar-refractivity contribution >= 4 is 119 Å². The van der Waals surface area contributed by atoms with E-state index in [-0.39, 0.29) is 16.8 Å². The predicted molar refractivity (Wildman–Crippen MR) is 229 cm³/mol. The Balaban J connectivity index is 0.000000766. The quantitative estimate of drug-likeness (QED) is 0.130. The van der Waals surface area contributed by atoms with Crippen molar-refractivity contribution in [3.63, 3.8) is 0 Å². The van der Waals surface area contributed by atoms with Gasteiger partial charge in [0.1, 0.15) is 0 Å². The summed E-state index contributed by atoms with van der Waals surface area (Å²) in [5.41, 5.74) is 5.17. The fourth-order valence-corrected chi connectivity index (χ4v) is 5.28. The van der Waals surface area contributed by atoms with E-state index in [0.717, 1.165) is 61.0 Å². The second kappa shape index (κ2) is 20.9. The van der Waals surface area contributed by atoms with Crippen LogP contribution in [0.3, 0.4) is 0 Å². The number of halogens is 24. The Hall–Kier alpha value is -1.68. The Bertz CT molecular complexity index is 2060. The van der Waals surface area contributed by atoms with Crippen LogP contribution in [-0.4, -0.2) is 29.9 Å². The topological polar surface area (TPSA) is 77.3 Å². The molecule has 6 heterocycles. The molecule has 0 N–H and O–H groups in total. The van der Waals surface area contributed by atoms with Crippen molar-refractivity contribution in [1.82, 2.24) is 29.9 Å². The van der Waals surface area contributed by atoms with Crippen molar-refractivity contribution < 1.29 is 92.3 Å². The first-order chi connectivity index (χ1) is 27.6. The van der Waals surface area contributed by atoms with Gasteiger partial charge in [-0.05, 0) is 72.8 Å². The maximum atomic E-state index is 9.87. The Morgan fingerprint density at radius 3 is 0.422 bits per heavy atom. The zero-order valence-electron chi connectivity index (χ0n) is 29.8. The summed E-state index contributed by atoms with van der Waals surface area (Å²) in [6, 6.07) is 23.0. The molecule has 0 aromatic carbocycles. The van der Waals surface area contributed by atoms with Gasteiger partial charge in [-0.1, -0.05) is 95.6 Å². The first-order valence-electron chi connectivity index (χ1n) is 15.0.